The Labute approximate surface area is 87.1 Å². The monoisotopic (exact) mass is 211 g/mol. The first-order valence-electron chi connectivity index (χ1n) is 4.77. The molecule has 14 heavy (non-hydrogen) atoms. The highest BCUT2D eigenvalue weighted by Gasteiger charge is 2.33. The van der Waals surface area contributed by atoms with Gasteiger partial charge in [-0.25, -0.2) is 4.98 Å². The summed E-state index contributed by atoms with van der Waals surface area (Å²) in [6, 6.07) is 0. The van der Waals surface area contributed by atoms with E-state index in [-0.39, 0.29) is 5.41 Å². The number of carbonyl (C=O) groups is 1. The number of carbonyl (C=O) groups excluding carboxylic acids is 1. The number of aldehydes is 1. The molecule has 1 aliphatic rings. The highest BCUT2D eigenvalue weighted by atomic mass is 32.1. The number of hydrogen-bond donors (Lipinski definition) is 0. The van der Waals surface area contributed by atoms with Gasteiger partial charge >= 0.3 is 0 Å². The predicted molar refractivity (Wildman–Crippen MR) is 54.4 cm³/mol. The van der Waals surface area contributed by atoms with Crippen molar-refractivity contribution in [3.63, 3.8) is 0 Å². The Morgan fingerprint density at radius 3 is 2.93 bits per heavy atom. The van der Waals surface area contributed by atoms with Crippen LogP contribution in [0, 0.1) is 5.41 Å². The number of aromatic nitrogens is 1. The van der Waals surface area contributed by atoms with Gasteiger partial charge in [0.25, 0.3) is 0 Å². The van der Waals surface area contributed by atoms with Crippen LogP contribution in [-0.2, 0) is 16.0 Å². The smallest absolute Gasteiger partial charge is 0.126 e. The molecule has 0 unspecified atom stereocenters. The van der Waals surface area contributed by atoms with Crippen molar-refractivity contribution in [2.45, 2.75) is 19.3 Å². The van der Waals surface area contributed by atoms with E-state index in [0.29, 0.717) is 13.2 Å². The Kier molecular flexibility index (Phi) is 2.93. The van der Waals surface area contributed by atoms with Crippen LogP contribution in [0.2, 0.25) is 0 Å². The fraction of sp³-hybridized carbons (Fsp3) is 0.600. The average molecular weight is 211 g/mol. The van der Waals surface area contributed by atoms with Gasteiger partial charge in [0.1, 0.15) is 6.29 Å². The largest absolute Gasteiger partial charge is 0.381 e. The zero-order valence-corrected chi connectivity index (χ0v) is 8.76. The van der Waals surface area contributed by atoms with Crippen LogP contribution in [0.1, 0.15) is 17.8 Å². The van der Waals surface area contributed by atoms with E-state index in [4.69, 9.17) is 4.74 Å². The molecule has 2 rings (SSSR count). The summed E-state index contributed by atoms with van der Waals surface area (Å²) in [7, 11) is 0. The molecule has 0 radical (unpaired) electrons. The summed E-state index contributed by atoms with van der Waals surface area (Å²) >= 11 is 1.62. The third kappa shape index (κ3) is 2.01. The Morgan fingerprint density at radius 1 is 1.57 bits per heavy atom. The molecule has 0 bridgehead atoms. The Hall–Kier alpha value is -0.740. The van der Waals surface area contributed by atoms with Crippen LogP contribution < -0.4 is 0 Å². The van der Waals surface area contributed by atoms with Gasteiger partial charge in [-0.1, -0.05) is 0 Å². The molecule has 0 spiro atoms. The van der Waals surface area contributed by atoms with Crippen molar-refractivity contribution >= 4 is 17.6 Å². The van der Waals surface area contributed by atoms with E-state index >= 15 is 0 Å². The molecule has 1 aromatic rings. The van der Waals surface area contributed by atoms with E-state index < -0.39 is 0 Å². The maximum atomic E-state index is 11.1. The molecule has 1 saturated heterocycles. The standard InChI is InChI=1S/C10H13NO2S/c12-8-10(1-4-13-5-2-10)7-9-11-3-6-14-9/h3,6,8H,1-2,4-5,7H2. The van der Waals surface area contributed by atoms with Crippen molar-refractivity contribution in [2.24, 2.45) is 5.41 Å². The van der Waals surface area contributed by atoms with Crippen LogP contribution in [0.15, 0.2) is 11.6 Å². The summed E-state index contributed by atoms with van der Waals surface area (Å²) in [4.78, 5) is 15.4. The lowest BCUT2D eigenvalue weighted by molar-refractivity contribution is -0.121. The summed E-state index contributed by atoms with van der Waals surface area (Å²) in [5, 5.41) is 3.01. The molecule has 0 aromatic carbocycles. The maximum Gasteiger partial charge on any atom is 0.126 e. The summed E-state index contributed by atoms with van der Waals surface area (Å²) in [6.45, 7) is 1.40. The molecule has 0 N–H and O–H groups in total. The van der Waals surface area contributed by atoms with Gasteiger partial charge in [0.2, 0.25) is 0 Å². The van der Waals surface area contributed by atoms with E-state index in [0.717, 1.165) is 30.6 Å². The lowest BCUT2D eigenvalue weighted by Gasteiger charge is -2.31. The number of nitrogens with zero attached hydrogens (tertiary/aromatic N) is 1. The Morgan fingerprint density at radius 2 is 2.36 bits per heavy atom. The minimum atomic E-state index is -0.212. The molecule has 4 heteroatoms. The predicted octanol–water partition coefficient (Wildman–Crippen LogP) is 1.68. The summed E-state index contributed by atoms with van der Waals surface area (Å²) < 4.78 is 5.27. The second kappa shape index (κ2) is 4.19. The summed E-state index contributed by atoms with van der Waals surface area (Å²) in [6.07, 6.45) is 5.32. The third-order valence-corrected chi connectivity index (χ3v) is 3.50. The third-order valence-electron chi connectivity index (χ3n) is 2.73. The molecule has 0 amide bonds. The summed E-state index contributed by atoms with van der Waals surface area (Å²) in [5.74, 6) is 0. The van der Waals surface area contributed by atoms with Gasteiger partial charge in [0.15, 0.2) is 0 Å². The molecule has 1 aliphatic heterocycles. The lowest BCUT2D eigenvalue weighted by Crippen LogP contribution is -2.33. The molecule has 1 fully saturated rings. The highest BCUT2D eigenvalue weighted by Crippen LogP contribution is 2.32. The minimum absolute atomic E-state index is 0.212. The number of hydrogen-bond acceptors (Lipinski definition) is 4. The number of thiazole rings is 1. The quantitative estimate of drug-likeness (QED) is 0.714. The fourth-order valence-electron chi connectivity index (χ4n) is 1.76. The first kappa shape index (κ1) is 9.80. The molecular weight excluding hydrogens is 198 g/mol. The fourth-order valence-corrected chi connectivity index (χ4v) is 2.53. The van der Waals surface area contributed by atoms with Crippen LogP contribution in [0.4, 0.5) is 0 Å². The first-order chi connectivity index (χ1) is 6.85. The van der Waals surface area contributed by atoms with Crippen molar-refractivity contribution in [1.82, 2.24) is 4.98 Å². The van der Waals surface area contributed by atoms with Gasteiger partial charge < -0.3 is 9.53 Å². The van der Waals surface area contributed by atoms with Crippen LogP contribution in [0.25, 0.3) is 0 Å². The molecule has 0 saturated carbocycles. The molecule has 0 atom stereocenters. The van der Waals surface area contributed by atoms with Gasteiger partial charge in [0.05, 0.1) is 5.01 Å². The van der Waals surface area contributed by atoms with Crippen LogP contribution in [0.3, 0.4) is 0 Å². The average Bonchev–Trinajstić information content (AvgIpc) is 2.72. The van der Waals surface area contributed by atoms with Crippen molar-refractivity contribution in [1.29, 1.82) is 0 Å². The maximum absolute atomic E-state index is 11.1. The van der Waals surface area contributed by atoms with Crippen molar-refractivity contribution in [2.75, 3.05) is 13.2 Å². The van der Waals surface area contributed by atoms with Crippen LogP contribution in [-0.4, -0.2) is 24.5 Å². The topological polar surface area (TPSA) is 39.2 Å². The van der Waals surface area contributed by atoms with Gasteiger partial charge in [0, 0.05) is 36.6 Å². The van der Waals surface area contributed by atoms with Gasteiger partial charge in [-0.3, -0.25) is 0 Å². The van der Waals surface area contributed by atoms with Gasteiger partial charge in [-0.05, 0) is 12.8 Å². The molecule has 76 valence electrons. The lowest BCUT2D eigenvalue weighted by atomic mass is 9.79. The van der Waals surface area contributed by atoms with Crippen LogP contribution >= 0.6 is 11.3 Å². The van der Waals surface area contributed by atoms with E-state index in [1.54, 1.807) is 17.5 Å². The summed E-state index contributed by atoms with van der Waals surface area (Å²) in [5.41, 5.74) is -0.212. The molecule has 2 heterocycles. The zero-order chi connectivity index (χ0) is 9.86. The minimum Gasteiger partial charge on any atom is -0.381 e. The van der Waals surface area contributed by atoms with E-state index in [1.807, 2.05) is 5.38 Å². The normalized spacial score (nSPS) is 20.6. The van der Waals surface area contributed by atoms with Crippen molar-refractivity contribution < 1.29 is 9.53 Å². The molecule has 3 nitrogen and oxygen atoms in total. The zero-order valence-electron chi connectivity index (χ0n) is 7.94. The second-order valence-electron chi connectivity index (χ2n) is 3.70. The van der Waals surface area contributed by atoms with E-state index in [2.05, 4.69) is 4.98 Å². The molecular formula is C10H13NO2S. The van der Waals surface area contributed by atoms with Gasteiger partial charge in [-0.15, -0.1) is 11.3 Å². The number of rotatable bonds is 3. The first-order valence-corrected chi connectivity index (χ1v) is 5.65. The van der Waals surface area contributed by atoms with E-state index in [9.17, 15) is 4.79 Å². The molecule has 0 aliphatic carbocycles. The second-order valence-corrected chi connectivity index (χ2v) is 4.67. The van der Waals surface area contributed by atoms with Crippen molar-refractivity contribution in [3.8, 4) is 0 Å². The van der Waals surface area contributed by atoms with E-state index in [1.165, 1.54) is 0 Å². The van der Waals surface area contributed by atoms with Crippen molar-refractivity contribution in [3.05, 3.63) is 16.6 Å². The van der Waals surface area contributed by atoms with Crippen LogP contribution in [0.5, 0.6) is 0 Å². The highest BCUT2D eigenvalue weighted by molar-refractivity contribution is 7.09. The number of ether oxygens (including phenoxy) is 1. The Bertz CT molecular complexity index is 291. The SMILES string of the molecule is O=CC1(Cc2nccs2)CCOCC1. The van der Waals surface area contributed by atoms with Gasteiger partial charge in [-0.2, -0.15) is 0 Å². The molecule has 1 aromatic heterocycles. The Balaban J connectivity index is 2.08.